The number of aryl methyl sites for hydroxylation is 1. The summed E-state index contributed by atoms with van der Waals surface area (Å²) in [7, 11) is 1.53. The molecular formula is C16H18N2O3. The van der Waals surface area contributed by atoms with Gasteiger partial charge in [0.05, 0.1) is 12.7 Å². The second-order valence-electron chi connectivity index (χ2n) is 4.63. The van der Waals surface area contributed by atoms with Gasteiger partial charge in [0.2, 0.25) is 0 Å². The molecule has 0 radical (unpaired) electrons. The fourth-order valence-corrected chi connectivity index (χ4v) is 1.97. The molecule has 5 heteroatoms. The molecule has 2 aromatic carbocycles. The van der Waals surface area contributed by atoms with E-state index >= 15 is 0 Å². The maximum absolute atomic E-state index is 8.81. The normalized spacial score (nSPS) is 11.2. The average Bonchev–Trinajstić information content (AvgIpc) is 2.52. The van der Waals surface area contributed by atoms with Crippen molar-refractivity contribution in [3.63, 3.8) is 0 Å². The van der Waals surface area contributed by atoms with Crippen molar-refractivity contribution in [1.29, 1.82) is 0 Å². The Morgan fingerprint density at radius 3 is 2.71 bits per heavy atom. The van der Waals surface area contributed by atoms with Crippen molar-refractivity contribution < 1.29 is 14.7 Å². The largest absolute Gasteiger partial charge is 0.496 e. The highest BCUT2D eigenvalue weighted by atomic mass is 16.5. The number of nitrogens with zero attached hydrogens (tertiary/aromatic N) is 1. The Labute approximate surface area is 123 Å². The number of oxime groups is 1. The lowest BCUT2D eigenvalue weighted by Crippen LogP contribution is -2.15. The molecule has 0 aliphatic carbocycles. The number of hydrogen-bond donors (Lipinski definition) is 2. The number of ether oxygens (including phenoxy) is 2. The number of nitrogens with two attached hydrogens (primary N) is 1. The first-order chi connectivity index (χ1) is 10.1. The van der Waals surface area contributed by atoms with Crippen LogP contribution in [0.3, 0.4) is 0 Å². The molecule has 0 atom stereocenters. The topological polar surface area (TPSA) is 77.1 Å². The minimum absolute atomic E-state index is 0.00394. The molecule has 0 bridgehead atoms. The molecule has 2 rings (SSSR count). The van der Waals surface area contributed by atoms with Gasteiger partial charge >= 0.3 is 0 Å². The van der Waals surface area contributed by atoms with Crippen molar-refractivity contribution in [3.05, 3.63) is 59.2 Å². The molecule has 0 aliphatic heterocycles. The second kappa shape index (κ2) is 6.65. The third kappa shape index (κ3) is 3.66. The molecule has 3 N–H and O–H groups in total. The monoisotopic (exact) mass is 286 g/mol. The lowest BCUT2D eigenvalue weighted by atomic mass is 10.1. The summed E-state index contributed by atoms with van der Waals surface area (Å²) in [5.41, 5.74) is 8.22. The Hall–Kier alpha value is -2.69. The maximum Gasteiger partial charge on any atom is 0.173 e. The maximum atomic E-state index is 8.81. The number of rotatable bonds is 5. The van der Waals surface area contributed by atoms with Gasteiger partial charge in [0.1, 0.15) is 18.1 Å². The van der Waals surface area contributed by atoms with Gasteiger partial charge in [-0.15, -0.1) is 0 Å². The van der Waals surface area contributed by atoms with Crippen molar-refractivity contribution in [2.45, 2.75) is 13.5 Å². The SMILES string of the molecule is COc1ccc(COc2cccc(C)c2)cc1C(N)=NO. The molecule has 0 fully saturated rings. The van der Waals surface area contributed by atoms with Crippen LogP contribution in [0.5, 0.6) is 11.5 Å². The van der Waals surface area contributed by atoms with Crippen molar-refractivity contribution in [3.8, 4) is 11.5 Å². The standard InChI is InChI=1S/C16H18N2O3/c1-11-4-3-5-13(8-11)21-10-12-6-7-15(20-2)14(9-12)16(17)18-19/h3-9,19H,10H2,1-2H3,(H2,17,18). The Morgan fingerprint density at radius 2 is 2.05 bits per heavy atom. The van der Waals surface area contributed by atoms with Crippen LogP contribution in [-0.2, 0) is 6.61 Å². The minimum Gasteiger partial charge on any atom is -0.496 e. The molecule has 0 spiro atoms. The van der Waals surface area contributed by atoms with Crippen molar-refractivity contribution in [2.24, 2.45) is 10.9 Å². The zero-order valence-corrected chi connectivity index (χ0v) is 12.0. The molecule has 0 unspecified atom stereocenters. The molecule has 0 saturated heterocycles. The van der Waals surface area contributed by atoms with Crippen LogP contribution >= 0.6 is 0 Å². The summed E-state index contributed by atoms with van der Waals surface area (Å²) in [6, 6.07) is 13.3. The Bertz CT molecular complexity index is 654. The summed E-state index contributed by atoms with van der Waals surface area (Å²) in [5, 5.41) is 11.8. The van der Waals surface area contributed by atoms with Crippen LogP contribution < -0.4 is 15.2 Å². The smallest absolute Gasteiger partial charge is 0.173 e. The van der Waals surface area contributed by atoms with Crippen LogP contribution in [0.4, 0.5) is 0 Å². The van der Waals surface area contributed by atoms with Gasteiger partial charge in [-0.05, 0) is 42.3 Å². The first-order valence-electron chi connectivity index (χ1n) is 6.48. The highest BCUT2D eigenvalue weighted by molar-refractivity contribution is 5.99. The van der Waals surface area contributed by atoms with E-state index in [0.29, 0.717) is 17.9 Å². The predicted molar refractivity (Wildman–Crippen MR) is 81.0 cm³/mol. The van der Waals surface area contributed by atoms with E-state index in [1.165, 1.54) is 7.11 Å². The molecule has 2 aromatic rings. The van der Waals surface area contributed by atoms with Crippen LogP contribution in [-0.4, -0.2) is 18.2 Å². The summed E-state index contributed by atoms with van der Waals surface area (Å²) in [6.45, 7) is 2.40. The Kier molecular flexibility index (Phi) is 4.66. The summed E-state index contributed by atoms with van der Waals surface area (Å²) < 4.78 is 10.9. The van der Waals surface area contributed by atoms with Crippen LogP contribution in [0, 0.1) is 6.92 Å². The van der Waals surface area contributed by atoms with Crippen LogP contribution in [0.2, 0.25) is 0 Å². The van der Waals surface area contributed by atoms with E-state index in [-0.39, 0.29) is 5.84 Å². The van der Waals surface area contributed by atoms with Crippen LogP contribution in [0.25, 0.3) is 0 Å². The third-order valence-electron chi connectivity index (χ3n) is 3.04. The van der Waals surface area contributed by atoms with E-state index in [1.807, 2.05) is 37.3 Å². The molecule has 0 aliphatic rings. The van der Waals surface area contributed by atoms with Crippen molar-refractivity contribution in [2.75, 3.05) is 7.11 Å². The van der Waals surface area contributed by atoms with Gasteiger partial charge in [-0.1, -0.05) is 23.4 Å². The predicted octanol–water partition coefficient (Wildman–Crippen LogP) is 2.68. The second-order valence-corrected chi connectivity index (χ2v) is 4.63. The Morgan fingerprint density at radius 1 is 1.24 bits per heavy atom. The minimum atomic E-state index is 0.00394. The number of methoxy groups -OCH3 is 1. The first kappa shape index (κ1) is 14.7. The van der Waals surface area contributed by atoms with Crippen molar-refractivity contribution >= 4 is 5.84 Å². The van der Waals surface area contributed by atoms with E-state index < -0.39 is 0 Å². The number of hydrogen-bond acceptors (Lipinski definition) is 4. The van der Waals surface area contributed by atoms with Gasteiger partial charge in [-0.25, -0.2) is 0 Å². The zero-order valence-electron chi connectivity index (χ0n) is 12.0. The third-order valence-corrected chi connectivity index (χ3v) is 3.04. The molecule has 0 heterocycles. The van der Waals surface area contributed by atoms with Gasteiger partial charge in [0, 0.05) is 0 Å². The molecule has 0 amide bonds. The molecule has 110 valence electrons. The fourth-order valence-electron chi connectivity index (χ4n) is 1.97. The summed E-state index contributed by atoms with van der Waals surface area (Å²) >= 11 is 0. The average molecular weight is 286 g/mol. The summed E-state index contributed by atoms with van der Waals surface area (Å²) in [4.78, 5) is 0. The first-order valence-corrected chi connectivity index (χ1v) is 6.48. The van der Waals surface area contributed by atoms with Crippen molar-refractivity contribution in [1.82, 2.24) is 0 Å². The fraction of sp³-hybridized carbons (Fsp3) is 0.188. The lowest BCUT2D eigenvalue weighted by molar-refractivity contribution is 0.305. The quantitative estimate of drug-likeness (QED) is 0.383. The van der Waals surface area contributed by atoms with E-state index in [4.69, 9.17) is 20.4 Å². The molecule has 0 aromatic heterocycles. The van der Waals surface area contributed by atoms with Gasteiger partial charge in [-0.2, -0.15) is 0 Å². The number of benzene rings is 2. The van der Waals surface area contributed by atoms with E-state index in [0.717, 1.165) is 16.9 Å². The molecule has 0 saturated carbocycles. The molecule has 5 nitrogen and oxygen atoms in total. The molecule has 21 heavy (non-hydrogen) atoms. The van der Waals surface area contributed by atoms with Crippen LogP contribution in [0.15, 0.2) is 47.6 Å². The van der Waals surface area contributed by atoms with E-state index in [2.05, 4.69) is 5.16 Å². The molecular weight excluding hydrogens is 268 g/mol. The lowest BCUT2D eigenvalue weighted by Gasteiger charge is -2.11. The highest BCUT2D eigenvalue weighted by Gasteiger charge is 2.09. The zero-order chi connectivity index (χ0) is 15.2. The van der Waals surface area contributed by atoms with E-state index in [9.17, 15) is 0 Å². The summed E-state index contributed by atoms with van der Waals surface area (Å²) in [6.07, 6.45) is 0. The van der Waals surface area contributed by atoms with Crippen LogP contribution in [0.1, 0.15) is 16.7 Å². The van der Waals surface area contributed by atoms with Gasteiger partial charge in [0.15, 0.2) is 5.84 Å². The highest BCUT2D eigenvalue weighted by Crippen LogP contribution is 2.21. The van der Waals surface area contributed by atoms with E-state index in [1.54, 1.807) is 12.1 Å². The summed E-state index contributed by atoms with van der Waals surface area (Å²) in [5.74, 6) is 1.35. The van der Waals surface area contributed by atoms with Gasteiger partial charge in [-0.3, -0.25) is 0 Å². The van der Waals surface area contributed by atoms with Gasteiger partial charge < -0.3 is 20.4 Å². The number of amidine groups is 1. The Balaban J connectivity index is 2.17. The van der Waals surface area contributed by atoms with Gasteiger partial charge in [0.25, 0.3) is 0 Å².